The van der Waals surface area contributed by atoms with Crippen molar-refractivity contribution in [1.29, 1.82) is 0 Å². The van der Waals surface area contributed by atoms with Gasteiger partial charge in [-0.25, -0.2) is 4.39 Å². The number of benzene rings is 3. The third kappa shape index (κ3) is 4.60. The summed E-state index contributed by atoms with van der Waals surface area (Å²) in [7, 11) is 0. The number of nitrogens with zero attached hydrogens (tertiary/aromatic N) is 2. The van der Waals surface area contributed by atoms with Crippen molar-refractivity contribution in [2.45, 2.75) is 19.4 Å². The molecule has 0 fully saturated rings. The van der Waals surface area contributed by atoms with E-state index in [0.29, 0.717) is 18.1 Å². The average Bonchev–Trinajstić information content (AvgIpc) is 3.24. The van der Waals surface area contributed by atoms with Crippen LogP contribution in [-0.4, -0.2) is 16.0 Å². The molecule has 150 valence electrons. The van der Waals surface area contributed by atoms with Crippen LogP contribution in [0.25, 0.3) is 11.4 Å². The van der Waals surface area contributed by atoms with E-state index >= 15 is 0 Å². The zero-order chi connectivity index (χ0) is 20.9. The average molecular weight is 401 g/mol. The van der Waals surface area contributed by atoms with Crippen molar-refractivity contribution >= 4 is 5.91 Å². The van der Waals surface area contributed by atoms with Crippen LogP contribution in [0.2, 0.25) is 0 Å². The number of carbonyl (C=O) groups is 1. The van der Waals surface area contributed by atoms with Crippen LogP contribution in [0.1, 0.15) is 33.4 Å². The van der Waals surface area contributed by atoms with Gasteiger partial charge in [0.2, 0.25) is 11.7 Å². The number of nitrogens with one attached hydrogen (secondary N) is 1. The van der Waals surface area contributed by atoms with Gasteiger partial charge in [0.25, 0.3) is 5.91 Å². The summed E-state index contributed by atoms with van der Waals surface area (Å²) in [6.45, 7) is 1.99. The fourth-order valence-corrected chi connectivity index (χ4v) is 3.20. The highest BCUT2D eigenvalue weighted by molar-refractivity contribution is 5.94. The minimum atomic E-state index is -0.561. The van der Waals surface area contributed by atoms with Gasteiger partial charge in [0.1, 0.15) is 11.9 Å². The zero-order valence-corrected chi connectivity index (χ0v) is 16.4. The van der Waals surface area contributed by atoms with Crippen LogP contribution in [-0.2, 0) is 6.42 Å². The molecule has 0 radical (unpaired) electrons. The van der Waals surface area contributed by atoms with E-state index < -0.39 is 17.8 Å². The molecule has 4 rings (SSSR count). The number of hydrogen-bond acceptors (Lipinski definition) is 4. The van der Waals surface area contributed by atoms with E-state index in [1.807, 2.05) is 61.5 Å². The number of aromatic nitrogens is 2. The molecule has 4 aromatic rings. The molecule has 0 saturated heterocycles. The number of carbonyl (C=O) groups excluding carboxylic acids is 1. The maximum absolute atomic E-state index is 13.5. The number of rotatable bonds is 6. The Bertz CT molecular complexity index is 1160. The van der Waals surface area contributed by atoms with Crippen molar-refractivity contribution in [1.82, 2.24) is 15.5 Å². The van der Waals surface area contributed by atoms with Gasteiger partial charge in [-0.1, -0.05) is 65.3 Å². The van der Waals surface area contributed by atoms with Crippen LogP contribution < -0.4 is 5.32 Å². The van der Waals surface area contributed by atoms with Crippen LogP contribution >= 0.6 is 0 Å². The highest BCUT2D eigenvalue weighted by atomic mass is 19.1. The van der Waals surface area contributed by atoms with Gasteiger partial charge in [-0.15, -0.1) is 0 Å². The molecule has 1 aromatic heterocycles. The van der Waals surface area contributed by atoms with E-state index in [1.54, 1.807) is 6.07 Å². The Kier molecular flexibility index (Phi) is 5.66. The van der Waals surface area contributed by atoms with Crippen molar-refractivity contribution in [3.8, 4) is 11.4 Å². The molecule has 1 heterocycles. The molecule has 3 aromatic carbocycles. The summed E-state index contributed by atoms with van der Waals surface area (Å²) in [5.41, 5.74) is 3.14. The van der Waals surface area contributed by atoms with Gasteiger partial charge >= 0.3 is 0 Å². The molecule has 1 atom stereocenters. The van der Waals surface area contributed by atoms with Crippen LogP contribution in [0.4, 0.5) is 4.39 Å². The van der Waals surface area contributed by atoms with E-state index in [4.69, 9.17) is 4.52 Å². The molecule has 1 amide bonds. The number of amides is 1. The normalized spacial score (nSPS) is 11.8. The van der Waals surface area contributed by atoms with Crippen molar-refractivity contribution in [2.24, 2.45) is 0 Å². The lowest BCUT2D eigenvalue weighted by Crippen LogP contribution is -2.30. The quantitative estimate of drug-likeness (QED) is 0.499. The first-order chi connectivity index (χ1) is 14.6. The summed E-state index contributed by atoms with van der Waals surface area (Å²) in [5.74, 6) is -0.139. The molecule has 0 bridgehead atoms. The lowest BCUT2D eigenvalue weighted by molar-refractivity contribution is 0.0927. The SMILES string of the molecule is Cc1cccc(-c2noc([C@@H](Cc3ccccc3)NC(=O)c3cccc(F)c3)n2)c1. The summed E-state index contributed by atoms with van der Waals surface area (Å²) in [6, 6.07) is 22.5. The highest BCUT2D eigenvalue weighted by Gasteiger charge is 2.23. The summed E-state index contributed by atoms with van der Waals surface area (Å²) >= 11 is 0. The van der Waals surface area contributed by atoms with Gasteiger partial charge in [0.15, 0.2) is 0 Å². The standard InChI is InChI=1S/C24H20FN3O2/c1-16-7-5-10-18(13-16)22-27-24(30-28-22)21(14-17-8-3-2-4-9-17)26-23(29)19-11-6-12-20(25)15-19/h2-13,15,21H,14H2,1H3,(H,26,29)/t21-/m1/s1. The number of hydrogen-bond donors (Lipinski definition) is 1. The van der Waals surface area contributed by atoms with Gasteiger partial charge in [-0.05, 0) is 36.8 Å². The summed E-state index contributed by atoms with van der Waals surface area (Å²) in [6.07, 6.45) is 0.456. The first kappa shape index (κ1) is 19.5. The van der Waals surface area contributed by atoms with E-state index in [2.05, 4.69) is 15.5 Å². The monoisotopic (exact) mass is 401 g/mol. The molecule has 6 heteroatoms. The summed E-state index contributed by atoms with van der Waals surface area (Å²) < 4.78 is 19.0. The molecule has 0 aliphatic heterocycles. The van der Waals surface area contributed by atoms with Crippen molar-refractivity contribution in [3.63, 3.8) is 0 Å². The first-order valence-electron chi connectivity index (χ1n) is 9.59. The fraction of sp³-hybridized carbons (Fsp3) is 0.125. The Morgan fingerprint density at radius 2 is 1.83 bits per heavy atom. The third-order valence-electron chi connectivity index (χ3n) is 4.69. The predicted molar refractivity (Wildman–Crippen MR) is 111 cm³/mol. The Morgan fingerprint density at radius 1 is 1.03 bits per heavy atom. The molecule has 0 spiro atoms. The summed E-state index contributed by atoms with van der Waals surface area (Å²) in [5, 5.41) is 6.99. The Labute approximate surface area is 173 Å². The maximum atomic E-state index is 13.5. The molecule has 1 N–H and O–H groups in total. The van der Waals surface area contributed by atoms with Crippen molar-refractivity contribution < 1.29 is 13.7 Å². The van der Waals surface area contributed by atoms with Gasteiger partial charge < -0.3 is 9.84 Å². The topological polar surface area (TPSA) is 68.0 Å². The van der Waals surface area contributed by atoms with E-state index in [9.17, 15) is 9.18 Å². The molecular formula is C24H20FN3O2. The minimum Gasteiger partial charge on any atom is -0.340 e. The first-order valence-corrected chi connectivity index (χ1v) is 9.59. The largest absolute Gasteiger partial charge is 0.340 e. The second-order valence-electron chi connectivity index (χ2n) is 7.05. The molecule has 0 unspecified atom stereocenters. The van der Waals surface area contributed by atoms with E-state index in [1.165, 1.54) is 18.2 Å². The zero-order valence-electron chi connectivity index (χ0n) is 16.4. The van der Waals surface area contributed by atoms with E-state index in [-0.39, 0.29) is 5.56 Å². The van der Waals surface area contributed by atoms with Crippen LogP contribution in [0, 0.1) is 12.7 Å². The van der Waals surface area contributed by atoms with Crippen LogP contribution in [0.5, 0.6) is 0 Å². The molecule has 5 nitrogen and oxygen atoms in total. The van der Waals surface area contributed by atoms with Crippen LogP contribution in [0.15, 0.2) is 83.4 Å². The molecular weight excluding hydrogens is 381 g/mol. The third-order valence-corrected chi connectivity index (χ3v) is 4.69. The van der Waals surface area contributed by atoms with Gasteiger partial charge in [-0.2, -0.15) is 4.98 Å². The second kappa shape index (κ2) is 8.69. The maximum Gasteiger partial charge on any atom is 0.252 e. The van der Waals surface area contributed by atoms with Crippen molar-refractivity contribution in [2.75, 3.05) is 0 Å². The predicted octanol–water partition coefficient (Wildman–Crippen LogP) is 4.90. The molecule has 0 aliphatic rings. The Balaban J connectivity index is 1.63. The molecule has 30 heavy (non-hydrogen) atoms. The minimum absolute atomic E-state index is 0.228. The van der Waals surface area contributed by atoms with Gasteiger partial charge in [0, 0.05) is 17.5 Å². The van der Waals surface area contributed by atoms with Gasteiger partial charge in [-0.3, -0.25) is 4.79 Å². The van der Waals surface area contributed by atoms with Crippen molar-refractivity contribution in [3.05, 3.63) is 107 Å². The number of aryl methyl sites for hydroxylation is 1. The summed E-state index contributed by atoms with van der Waals surface area (Å²) in [4.78, 5) is 17.2. The Hall–Kier alpha value is -3.80. The highest BCUT2D eigenvalue weighted by Crippen LogP contribution is 2.22. The van der Waals surface area contributed by atoms with Crippen LogP contribution in [0.3, 0.4) is 0 Å². The molecule has 0 aliphatic carbocycles. The lowest BCUT2D eigenvalue weighted by Gasteiger charge is -2.15. The lowest BCUT2D eigenvalue weighted by atomic mass is 10.0. The van der Waals surface area contributed by atoms with E-state index in [0.717, 1.165) is 16.7 Å². The second-order valence-corrected chi connectivity index (χ2v) is 7.05. The smallest absolute Gasteiger partial charge is 0.252 e. The van der Waals surface area contributed by atoms with Gasteiger partial charge in [0.05, 0.1) is 0 Å². The number of halogens is 1. The fourth-order valence-electron chi connectivity index (χ4n) is 3.20. The Morgan fingerprint density at radius 3 is 2.60 bits per heavy atom. The molecule has 0 saturated carbocycles.